The molecular weight excluding hydrogens is 458 g/mol. The van der Waals surface area contributed by atoms with Crippen LogP contribution in [-0.2, 0) is 0 Å². The molecule has 10 heteroatoms. The van der Waals surface area contributed by atoms with Crippen LogP contribution in [0, 0.1) is 0 Å². The first-order valence-corrected chi connectivity index (χ1v) is 11.6. The molecule has 184 valence electrons. The summed E-state index contributed by atoms with van der Waals surface area (Å²) in [4.78, 5) is 30.6. The lowest BCUT2D eigenvalue weighted by atomic mass is 10.1. The second-order valence-electron chi connectivity index (χ2n) is 8.60. The number of nitrogens with one attached hydrogen (secondary N) is 2. The standard InChI is InChI=1S/C26H27N7O3/c1-32-11-13-33(14-12-32)19-6-4-18(5-7-19)28-26(35)31-24-16-27-21-9-8-20(29-25(21)30-24)17-3-10-22(34)23(15-17)36-2/h3-10,15-16,34H,11-14H2,1-2H3,(H2,28,29,30,31,35). The summed E-state index contributed by atoms with van der Waals surface area (Å²) in [6.07, 6.45) is 1.49. The Morgan fingerprint density at radius 1 is 0.972 bits per heavy atom. The maximum atomic E-state index is 12.6. The minimum absolute atomic E-state index is 0.0494. The van der Waals surface area contributed by atoms with Crippen LogP contribution in [0.5, 0.6) is 11.5 Å². The molecule has 0 aliphatic carbocycles. The molecule has 5 rings (SSSR count). The number of phenolic OH excluding ortho intramolecular Hbond substituents is 1. The van der Waals surface area contributed by atoms with Gasteiger partial charge < -0.3 is 25.0 Å². The molecule has 36 heavy (non-hydrogen) atoms. The van der Waals surface area contributed by atoms with Crippen LogP contribution < -0.4 is 20.3 Å². The van der Waals surface area contributed by atoms with Gasteiger partial charge in [-0.1, -0.05) is 0 Å². The third-order valence-corrected chi connectivity index (χ3v) is 6.12. The van der Waals surface area contributed by atoms with Crippen molar-refractivity contribution in [3.63, 3.8) is 0 Å². The number of urea groups is 1. The summed E-state index contributed by atoms with van der Waals surface area (Å²) in [5, 5.41) is 15.4. The number of benzene rings is 2. The van der Waals surface area contributed by atoms with E-state index in [4.69, 9.17) is 4.74 Å². The lowest BCUT2D eigenvalue weighted by Crippen LogP contribution is -2.44. The summed E-state index contributed by atoms with van der Waals surface area (Å²) < 4.78 is 5.18. The Morgan fingerprint density at radius 3 is 2.50 bits per heavy atom. The van der Waals surface area contributed by atoms with Crippen molar-refractivity contribution < 1.29 is 14.6 Å². The van der Waals surface area contributed by atoms with Crippen LogP contribution in [0.1, 0.15) is 0 Å². The van der Waals surface area contributed by atoms with E-state index in [2.05, 4.69) is 42.4 Å². The highest BCUT2D eigenvalue weighted by Gasteiger charge is 2.14. The predicted molar refractivity (Wildman–Crippen MR) is 140 cm³/mol. The molecule has 0 radical (unpaired) electrons. The number of nitrogens with zero attached hydrogens (tertiary/aromatic N) is 5. The van der Waals surface area contributed by atoms with E-state index in [-0.39, 0.29) is 11.6 Å². The van der Waals surface area contributed by atoms with Gasteiger partial charge in [0.15, 0.2) is 23.0 Å². The SMILES string of the molecule is COc1cc(-c2ccc3ncc(NC(=O)Nc4ccc(N5CCN(C)CC5)cc4)nc3n2)ccc1O. The quantitative estimate of drug-likeness (QED) is 0.391. The van der Waals surface area contributed by atoms with E-state index in [9.17, 15) is 9.90 Å². The third kappa shape index (κ3) is 5.13. The first-order chi connectivity index (χ1) is 17.5. The maximum absolute atomic E-state index is 12.6. The summed E-state index contributed by atoms with van der Waals surface area (Å²) in [5.74, 6) is 0.680. The fourth-order valence-corrected chi connectivity index (χ4v) is 4.05. The third-order valence-electron chi connectivity index (χ3n) is 6.12. The average Bonchev–Trinajstić information content (AvgIpc) is 2.89. The summed E-state index contributed by atoms with van der Waals surface area (Å²) in [6.45, 7) is 4.05. The maximum Gasteiger partial charge on any atom is 0.324 e. The van der Waals surface area contributed by atoms with Crippen LogP contribution >= 0.6 is 0 Å². The van der Waals surface area contributed by atoms with Gasteiger partial charge in [0.2, 0.25) is 0 Å². The smallest absolute Gasteiger partial charge is 0.324 e. The van der Waals surface area contributed by atoms with Gasteiger partial charge in [-0.15, -0.1) is 0 Å². The predicted octanol–water partition coefficient (Wildman–Crippen LogP) is 3.80. The topological polar surface area (TPSA) is 116 Å². The lowest BCUT2D eigenvalue weighted by molar-refractivity contribution is 0.262. The fourth-order valence-electron chi connectivity index (χ4n) is 4.05. The second-order valence-corrected chi connectivity index (χ2v) is 8.60. The molecule has 0 unspecified atom stereocenters. The number of amides is 2. The molecule has 0 bridgehead atoms. The molecule has 1 fully saturated rings. The molecule has 3 N–H and O–H groups in total. The van der Waals surface area contributed by atoms with E-state index >= 15 is 0 Å². The van der Waals surface area contributed by atoms with Gasteiger partial charge in [0.1, 0.15) is 5.52 Å². The minimum atomic E-state index is -0.421. The van der Waals surface area contributed by atoms with Crippen LogP contribution in [0.4, 0.5) is 22.0 Å². The number of aromatic hydroxyl groups is 1. The first kappa shape index (κ1) is 23.3. The van der Waals surface area contributed by atoms with Gasteiger partial charge in [0.05, 0.1) is 19.0 Å². The van der Waals surface area contributed by atoms with E-state index in [1.165, 1.54) is 13.3 Å². The number of hydrogen-bond acceptors (Lipinski definition) is 8. The number of rotatable bonds is 5. The monoisotopic (exact) mass is 485 g/mol. The minimum Gasteiger partial charge on any atom is -0.504 e. The number of phenols is 1. The summed E-state index contributed by atoms with van der Waals surface area (Å²) in [5.41, 5.74) is 4.19. The van der Waals surface area contributed by atoms with Gasteiger partial charge in [-0.2, -0.15) is 0 Å². The number of ether oxygens (including phenoxy) is 1. The zero-order valence-electron chi connectivity index (χ0n) is 20.1. The molecule has 0 saturated carbocycles. The number of piperazine rings is 1. The van der Waals surface area contributed by atoms with Crippen LogP contribution in [0.3, 0.4) is 0 Å². The molecular formula is C26H27N7O3. The molecule has 4 aromatic rings. The van der Waals surface area contributed by atoms with Crippen molar-refractivity contribution in [2.45, 2.75) is 0 Å². The number of anilines is 3. The van der Waals surface area contributed by atoms with Crippen molar-refractivity contribution in [1.82, 2.24) is 19.9 Å². The number of aromatic nitrogens is 3. The van der Waals surface area contributed by atoms with Gasteiger partial charge in [-0.25, -0.2) is 19.7 Å². The normalized spacial score (nSPS) is 14.0. The Balaban J connectivity index is 1.27. The highest BCUT2D eigenvalue weighted by atomic mass is 16.5. The zero-order chi connectivity index (χ0) is 25.1. The number of carbonyl (C=O) groups excluding carboxylic acids is 1. The Bertz CT molecular complexity index is 1390. The summed E-state index contributed by atoms with van der Waals surface area (Å²) >= 11 is 0. The average molecular weight is 486 g/mol. The molecule has 2 aromatic heterocycles. The van der Waals surface area contributed by atoms with E-state index in [1.807, 2.05) is 30.3 Å². The van der Waals surface area contributed by atoms with Crippen molar-refractivity contribution in [3.05, 3.63) is 60.8 Å². The Labute approximate surface area is 208 Å². The van der Waals surface area contributed by atoms with Crippen molar-refractivity contribution in [1.29, 1.82) is 0 Å². The highest BCUT2D eigenvalue weighted by Crippen LogP contribution is 2.31. The molecule has 0 spiro atoms. The highest BCUT2D eigenvalue weighted by molar-refractivity contribution is 5.99. The van der Waals surface area contributed by atoms with Crippen molar-refractivity contribution in [2.75, 3.05) is 55.9 Å². The fraction of sp³-hybridized carbons (Fsp3) is 0.231. The first-order valence-electron chi connectivity index (χ1n) is 11.6. The largest absolute Gasteiger partial charge is 0.504 e. The Morgan fingerprint density at radius 2 is 1.75 bits per heavy atom. The van der Waals surface area contributed by atoms with Crippen LogP contribution in [0.25, 0.3) is 22.4 Å². The molecule has 1 saturated heterocycles. The number of hydrogen-bond donors (Lipinski definition) is 3. The number of carbonyl (C=O) groups is 1. The number of pyridine rings is 1. The Kier molecular flexibility index (Phi) is 6.50. The van der Waals surface area contributed by atoms with Gasteiger partial charge >= 0.3 is 6.03 Å². The van der Waals surface area contributed by atoms with Gasteiger partial charge in [0.25, 0.3) is 0 Å². The second kappa shape index (κ2) is 10.0. The number of fused-ring (bicyclic) bond motifs is 1. The van der Waals surface area contributed by atoms with Gasteiger partial charge in [-0.05, 0) is 61.6 Å². The zero-order valence-corrected chi connectivity index (χ0v) is 20.1. The summed E-state index contributed by atoms with van der Waals surface area (Å²) in [7, 11) is 3.62. The molecule has 2 amide bonds. The number of methoxy groups -OCH3 is 1. The van der Waals surface area contributed by atoms with Crippen LogP contribution in [0.2, 0.25) is 0 Å². The van der Waals surface area contributed by atoms with Crippen LogP contribution in [0.15, 0.2) is 60.8 Å². The molecule has 1 aliphatic rings. The molecule has 0 atom stereocenters. The van der Waals surface area contributed by atoms with Gasteiger partial charge in [0, 0.05) is 43.1 Å². The van der Waals surface area contributed by atoms with Crippen molar-refractivity contribution in [2.24, 2.45) is 0 Å². The summed E-state index contributed by atoms with van der Waals surface area (Å²) in [6, 6.07) is 16.0. The Hall–Kier alpha value is -4.44. The molecule has 3 heterocycles. The van der Waals surface area contributed by atoms with Crippen molar-refractivity contribution >= 4 is 34.4 Å². The lowest BCUT2D eigenvalue weighted by Gasteiger charge is -2.34. The molecule has 10 nitrogen and oxygen atoms in total. The van der Waals surface area contributed by atoms with E-state index in [1.54, 1.807) is 24.3 Å². The van der Waals surface area contributed by atoms with E-state index < -0.39 is 6.03 Å². The van der Waals surface area contributed by atoms with Gasteiger partial charge in [-0.3, -0.25) is 5.32 Å². The molecule has 2 aromatic carbocycles. The van der Waals surface area contributed by atoms with Crippen LogP contribution in [-0.4, -0.2) is 71.3 Å². The van der Waals surface area contributed by atoms with E-state index in [0.29, 0.717) is 28.3 Å². The molecule has 1 aliphatic heterocycles. The number of likely N-dealkylation sites (N-methyl/N-ethyl adjacent to an activating group) is 1. The van der Waals surface area contributed by atoms with E-state index in [0.717, 1.165) is 37.4 Å². The van der Waals surface area contributed by atoms with Crippen molar-refractivity contribution in [3.8, 4) is 22.8 Å².